The molecule has 3 rings (SSSR count). The van der Waals surface area contributed by atoms with Gasteiger partial charge in [0, 0.05) is 19.7 Å². The summed E-state index contributed by atoms with van der Waals surface area (Å²) in [7, 11) is 1.66. The van der Waals surface area contributed by atoms with Crippen LogP contribution in [0.3, 0.4) is 0 Å². The number of ether oxygens (including phenoxy) is 1. The molecule has 0 saturated heterocycles. The first kappa shape index (κ1) is 15.7. The van der Waals surface area contributed by atoms with E-state index in [2.05, 4.69) is 11.2 Å². The SMILES string of the molecule is COCCc1cnn(C2(C(=O)O)CCCc3ccccc3C2)c1. The van der Waals surface area contributed by atoms with E-state index in [1.165, 1.54) is 5.56 Å². The number of aryl methyl sites for hydroxylation is 1. The lowest BCUT2D eigenvalue weighted by atomic mass is 9.88. The van der Waals surface area contributed by atoms with E-state index < -0.39 is 11.5 Å². The van der Waals surface area contributed by atoms with Gasteiger partial charge in [-0.05, 0) is 42.4 Å². The lowest BCUT2D eigenvalue weighted by molar-refractivity contribution is -0.148. The van der Waals surface area contributed by atoms with Crippen LogP contribution in [0, 0.1) is 0 Å². The standard InChI is InChI=1S/C18H22N2O3/c1-23-10-8-14-12-19-20(13-14)18(17(21)22)9-4-7-15-5-2-3-6-16(15)11-18/h2-3,5-6,12-13H,4,7-11H2,1H3,(H,21,22). The first-order chi connectivity index (χ1) is 11.2. The molecule has 122 valence electrons. The van der Waals surface area contributed by atoms with Gasteiger partial charge < -0.3 is 9.84 Å². The van der Waals surface area contributed by atoms with E-state index in [9.17, 15) is 9.90 Å². The average Bonchev–Trinajstić information content (AvgIpc) is 2.93. The Hall–Kier alpha value is -2.14. The number of fused-ring (bicyclic) bond motifs is 1. The van der Waals surface area contributed by atoms with Gasteiger partial charge in [-0.3, -0.25) is 4.68 Å². The molecule has 0 spiro atoms. The van der Waals surface area contributed by atoms with Crippen molar-refractivity contribution in [3.8, 4) is 0 Å². The molecule has 5 nitrogen and oxygen atoms in total. The van der Waals surface area contributed by atoms with Crippen molar-refractivity contribution in [1.82, 2.24) is 9.78 Å². The van der Waals surface area contributed by atoms with Crippen LogP contribution in [0.25, 0.3) is 0 Å². The molecule has 0 aliphatic heterocycles. The molecule has 23 heavy (non-hydrogen) atoms. The smallest absolute Gasteiger partial charge is 0.331 e. The monoisotopic (exact) mass is 314 g/mol. The number of hydrogen-bond acceptors (Lipinski definition) is 3. The highest BCUT2D eigenvalue weighted by atomic mass is 16.5. The minimum absolute atomic E-state index is 0.476. The van der Waals surface area contributed by atoms with Gasteiger partial charge in [-0.15, -0.1) is 0 Å². The minimum atomic E-state index is -1.00. The van der Waals surface area contributed by atoms with Crippen LogP contribution < -0.4 is 0 Å². The number of carboxylic acids is 1. The second-order valence-electron chi connectivity index (χ2n) is 6.17. The number of benzene rings is 1. The molecular weight excluding hydrogens is 292 g/mol. The van der Waals surface area contributed by atoms with Gasteiger partial charge >= 0.3 is 5.97 Å². The van der Waals surface area contributed by atoms with Gasteiger partial charge in [0.1, 0.15) is 0 Å². The molecular formula is C18H22N2O3. The van der Waals surface area contributed by atoms with Gasteiger partial charge in [-0.25, -0.2) is 4.79 Å². The molecule has 1 aromatic carbocycles. The Morgan fingerprint density at radius 3 is 2.91 bits per heavy atom. The van der Waals surface area contributed by atoms with E-state index in [1.807, 2.05) is 24.4 Å². The molecule has 0 amide bonds. The summed E-state index contributed by atoms with van der Waals surface area (Å²) in [6, 6.07) is 8.13. The van der Waals surface area contributed by atoms with Crippen LogP contribution in [0.1, 0.15) is 29.5 Å². The molecule has 1 aliphatic rings. The normalized spacial score (nSPS) is 20.7. The maximum atomic E-state index is 12.2. The van der Waals surface area contributed by atoms with Crippen LogP contribution >= 0.6 is 0 Å². The molecule has 1 N–H and O–H groups in total. The first-order valence-corrected chi connectivity index (χ1v) is 7.99. The third-order valence-electron chi connectivity index (χ3n) is 4.71. The van der Waals surface area contributed by atoms with Gasteiger partial charge in [-0.1, -0.05) is 24.3 Å². The maximum absolute atomic E-state index is 12.2. The highest BCUT2D eigenvalue weighted by molar-refractivity contribution is 5.77. The summed E-state index contributed by atoms with van der Waals surface area (Å²) in [4.78, 5) is 12.2. The molecule has 1 unspecified atom stereocenters. The Balaban J connectivity index is 1.97. The number of aromatic nitrogens is 2. The number of nitrogens with zero attached hydrogens (tertiary/aromatic N) is 2. The Morgan fingerprint density at radius 2 is 2.17 bits per heavy atom. The van der Waals surface area contributed by atoms with Crippen molar-refractivity contribution in [2.75, 3.05) is 13.7 Å². The van der Waals surface area contributed by atoms with Gasteiger partial charge in [0.2, 0.25) is 0 Å². The van der Waals surface area contributed by atoms with Crippen LogP contribution in [-0.2, 0) is 34.3 Å². The van der Waals surface area contributed by atoms with Crippen molar-refractivity contribution >= 4 is 5.97 Å². The van der Waals surface area contributed by atoms with Gasteiger partial charge in [-0.2, -0.15) is 5.10 Å². The van der Waals surface area contributed by atoms with Crippen molar-refractivity contribution in [3.63, 3.8) is 0 Å². The van der Waals surface area contributed by atoms with E-state index in [0.29, 0.717) is 19.4 Å². The molecule has 2 aromatic rings. The maximum Gasteiger partial charge on any atom is 0.331 e. The minimum Gasteiger partial charge on any atom is -0.479 e. The third-order valence-corrected chi connectivity index (χ3v) is 4.71. The molecule has 0 fully saturated rings. The largest absolute Gasteiger partial charge is 0.479 e. The fourth-order valence-electron chi connectivity index (χ4n) is 3.37. The summed E-state index contributed by atoms with van der Waals surface area (Å²) in [6.07, 6.45) is 7.18. The fraction of sp³-hybridized carbons (Fsp3) is 0.444. The summed E-state index contributed by atoms with van der Waals surface area (Å²) < 4.78 is 6.74. The zero-order chi connectivity index (χ0) is 16.3. The summed E-state index contributed by atoms with van der Waals surface area (Å²) in [6.45, 7) is 0.606. The summed E-state index contributed by atoms with van der Waals surface area (Å²) in [5.74, 6) is -0.810. The predicted molar refractivity (Wildman–Crippen MR) is 86.5 cm³/mol. The Labute approximate surface area is 135 Å². The van der Waals surface area contributed by atoms with Crippen LogP contribution in [0.5, 0.6) is 0 Å². The Kier molecular flexibility index (Phi) is 4.48. The molecule has 1 aliphatic carbocycles. The van der Waals surface area contributed by atoms with Gasteiger partial charge in [0.05, 0.1) is 12.8 Å². The first-order valence-electron chi connectivity index (χ1n) is 7.99. The van der Waals surface area contributed by atoms with Crippen LogP contribution in [-0.4, -0.2) is 34.6 Å². The zero-order valence-electron chi connectivity index (χ0n) is 13.4. The molecule has 0 radical (unpaired) electrons. The second kappa shape index (κ2) is 6.54. The Bertz CT molecular complexity index is 695. The van der Waals surface area contributed by atoms with Crippen LogP contribution in [0.15, 0.2) is 36.7 Å². The van der Waals surface area contributed by atoms with Crippen molar-refractivity contribution in [1.29, 1.82) is 0 Å². The lowest BCUT2D eigenvalue weighted by Gasteiger charge is -2.29. The van der Waals surface area contributed by atoms with Crippen molar-refractivity contribution < 1.29 is 14.6 Å². The van der Waals surface area contributed by atoms with E-state index >= 15 is 0 Å². The van der Waals surface area contributed by atoms with Crippen LogP contribution in [0.4, 0.5) is 0 Å². The third kappa shape index (κ3) is 3.01. The van der Waals surface area contributed by atoms with Gasteiger partial charge in [0.25, 0.3) is 0 Å². The number of hydrogen-bond donors (Lipinski definition) is 1. The quantitative estimate of drug-likeness (QED) is 0.861. The molecule has 1 atom stereocenters. The average molecular weight is 314 g/mol. The highest BCUT2D eigenvalue weighted by Crippen LogP contribution is 2.33. The molecule has 1 heterocycles. The molecule has 5 heteroatoms. The topological polar surface area (TPSA) is 64.4 Å². The van der Waals surface area contributed by atoms with E-state index in [4.69, 9.17) is 4.74 Å². The molecule has 0 saturated carbocycles. The number of carboxylic acid groups (broad SMARTS) is 1. The second-order valence-corrected chi connectivity index (χ2v) is 6.17. The fourth-order valence-corrected chi connectivity index (χ4v) is 3.37. The molecule has 1 aromatic heterocycles. The lowest BCUT2D eigenvalue weighted by Crippen LogP contribution is -2.44. The number of aliphatic carboxylic acids is 1. The summed E-state index contributed by atoms with van der Waals surface area (Å²) >= 11 is 0. The zero-order valence-corrected chi connectivity index (χ0v) is 13.4. The Morgan fingerprint density at radius 1 is 1.39 bits per heavy atom. The summed E-state index contributed by atoms with van der Waals surface area (Å²) in [5, 5.41) is 14.4. The van der Waals surface area contributed by atoms with Crippen molar-refractivity contribution in [3.05, 3.63) is 53.3 Å². The number of methoxy groups -OCH3 is 1. The number of rotatable bonds is 5. The van der Waals surface area contributed by atoms with E-state index in [0.717, 1.165) is 30.4 Å². The van der Waals surface area contributed by atoms with E-state index in [-0.39, 0.29) is 0 Å². The van der Waals surface area contributed by atoms with Gasteiger partial charge in [0.15, 0.2) is 5.54 Å². The van der Waals surface area contributed by atoms with Crippen molar-refractivity contribution in [2.24, 2.45) is 0 Å². The predicted octanol–water partition coefficient (Wildman–Crippen LogP) is 2.43. The van der Waals surface area contributed by atoms with Crippen molar-refractivity contribution in [2.45, 2.75) is 37.6 Å². The van der Waals surface area contributed by atoms with Crippen LogP contribution in [0.2, 0.25) is 0 Å². The summed E-state index contributed by atoms with van der Waals surface area (Å²) in [5.41, 5.74) is 2.37. The highest BCUT2D eigenvalue weighted by Gasteiger charge is 2.42. The molecule has 0 bridgehead atoms. The number of carbonyl (C=O) groups is 1. The van der Waals surface area contributed by atoms with E-state index in [1.54, 1.807) is 18.0 Å².